The quantitative estimate of drug-likeness (QED) is 0.738. The first-order chi connectivity index (χ1) is 12.0. The van der Waals surface area contributed by atoms with Gasteiger partial charge in [-0.3, -0.25) is 4.79 Å². The van der Waals surface area contributed by atoms with E-state index in [4.69, 9.17) is 0 Å². The number of amides is 1. The fourth-order valence-corrected chi connectivity index (χ4v) is 3.59. The molecule has 0 radical (unpaired) electrons. The summed E-state index contributed by atoms with van der Waals surface area (Å²) < 4.78 is 26.5. The molecule has 1 N–H and O–H groups in total. The molecule has 0 heterocycles. The van der Waals surface area contributed by atoms with Crippen molar-refractivity contribution in [3.05, 3.63) is 85.5 Å². The van der Waals surface area contributed by atoms with Gasteiger partial charge >= 0.3 is 0 Å². The Bertz CT molecular complexity index is 834. The van der Waals surface area contributed by atoms with Gasteiger partial charge in [-0.05, 0) is 36.4 Å². The smallest absolute Gasteiger partial charge is 0.255 e. The maximum Gasteiger partial charge on any atom is 0.255 e. The van der Waals surface area contributed by atoms with E-state index < -0.39 is 10.0 Å². The minimum absolute atomic E-state index is 0.118. The van der Waals surface area contributed by atoms with Gasteiger partial charge < -0.3 is 5.32 Å². The molecule has 1 amide bonds. The first-order valence-corrected chi connectivity index (χ1v) is 9.11. The van der Waals surface area contributed by atoms with Crippen LogP contribution in [0.4, 0.5) is 5.69 Å². The van der Waals surface area contributed by atoms with Crippen LogP contribution in [0.25, 0.3) is 0 Å². The summed E-state index contributed by atoms with van der Waals surface area (Å²) in [7, 11) is -3.67. The first-order valence-electron chi connectivity index (χ1n) is 7.67. The van der Waals surface area contributed by atoms with Crippen molar-refractivity contribution in [1.29, 1.82) is 0 Å². The Balaban J connectivity index is 2.19. The van der Waals surface area contributed by atoms with Gasteiger partial charge in [0.1, 0.15) is 0 Å². The van der Waals surface area contributed by atoms with Crippen molar-refractivity contribution in [3.63, 3.8) is 0 Å². The summed E-state index contributed by atoms with van der Waals surface area (Å²) in [6.45, 7) is 7.52. The molecule has 0 aliphatic carbocycles. The minimum atomic E-state index is -3.67. The van der Waals surface area contributed by atoms with Crippen LogP contribution in [-0.2, 0) is 10.0 Å². The van der Waals surface area contributed by atoms with Crippen LogP contribution in [0, 0.1) is 0 Å². The van der Waals surface area contributed by atoms with E-state index in [-0.39, 0.29) is 23.9 Å². The summed E-state index contributed by atoms with van der Waals surface area (Å²) in [6, 6.07) is 14.9. The van der Waals surface area contributed by atoms with Gasteiger partial charge in [0.15, 0.2) is 0 Å². The molecule has 0 spiro atoms. The summed E-state index contributed by atoms with van der Waals surface area (Å²) in [4.78, 5) is 12.3. The zero-order valence-corrected chi connectivity index (χ0v) is 14.6. The van der Waals surface area contributed by atoms with Crippen LogP contribution in [0.15, 0.2) is 84.8 Å². The average Bonchev–Trinajstić information content (AvgIpc) is 2.62. The maximum absolute atomic E-state index is 12.6. The van der Waals surface area contributed by atoms with Crippen LogP contribution < -0.4 is 5.32 Å². The van der Waals surface area contributed by atoms with E-state index in [2.05, 4.69) is 18.5 Å². The first kappa shape index (κ1) is 18.6. The van der Waals surface area contributed by atoms with Gasteiger partial charge in [0.25, 0.3) is 5.91 Å². The molecule has 2 rings (SSSR count). The van der Waals surface area contributed by atoms with Gasteiger partial charge in [-0.2, -0.15) is 4.31 Å². The van der Waals surface area contributed by atoms with E-state index in [0.717, 1.165) is 0 Å². The topological polar surface area (TPSA) is 66.5 Å². The van der Waals surface area contributed by atoms with Gasteiger partial charge in [-0.1, -0.05) is 30.4 Å². The van der Waals surface area contributed by atoms with Crippen molar-refractivity contribution in [2.75, 3.05) is 18.4 Å². The molecule has 0 aliphatic rings. The molecule has 0 saturated heterocycles. The van der Waals surface area contributed by atoms with Crippen LogP contribution in [0.5, 0.6) is 0 Å². The highest BCUT2D eigenvalue weighted by Crippen LogP contribution is 2.17. The molecule has 0 fully saturated rings. The van der Waals surface area contributed by atoms with Crippen molar-refractivity contribution < 1.29 is 13.2 Å². The molecule has 130 valence electrons. The number of hydrogen-bond donors (Lipinski definition) is 1. The number of hydrogen-bond acceptors (Lipinski definition) is 3. The lowest BCUT2D eigenvalue weighted by Gasteiger charge is -2.19. The van der Waals surface area contributed by atoms with Crippen molar-refractivity contribution >= 4 is 21.6 Å². The second-order valence-electron chi connectivity index (χ2n) is 5.24. The zero-order valence-electron chi connectivity index (χ0n) is 13.8. The Morgan fingerprint density at radius 3 is 2.04 bits per heavy atom. The normalized spacial score (nSPS) is 11.1. The molecule has 0 saturated carbocycles. The highest BCUT2D eigenvalue weighted by atomic mass is 32.2. The SMILES string of the molecule is C=CCN(CC=C)S(=O)(=O)c1ccc(C(=O)Nc2ccccc2)cc1. The van der Waals surface area contributed by atoms with E-state index in [0.29, 0.717) is 11.3 Å². The molecule has 25 heavy (non-hydrogen) atoms. The third-order valence-electron chi connectivity index (χ3n) is 3.45. The Morgan fingerprint density at radius 2 is 1.52 bits per heavy atom. The molecule has 2 aromatic carbocycles. The number of anilines is 1. The Hall–Kier alpha value is -2.70. The van der Waals surface area contributed by atoms with E-state index in [9.17, 15) is 13.2 Å². The summed E-state index contributed by atoms with van der Waals surface area (Å²) in [5.74, 6) is -0.302. The van der Waals surface area contributed by atoms with Crippen LogP contribution in [0.3, 0.4) is 0 Å². The molecule has 0 unspecified atom stereocenters. The molecule has 0 bridgehead atoms. The summed E-state index contributed by atoms with van der Waals surface area (Å²) in [5, 5.41) is 2.75. The molecule has 5 nitrogen and oxygen atoms in total. The Labute approximate surface area is 148 Å². The van der Waals surface area contributed by atoms with Crippen molar-refractivity contribution in [2.24, 2.45) is 0 Å². The molecule has 6 heteroatoms. The number of para-hydroxylation sites is 1. The lowest BCUT2D eigenvalue weighted by Crippen LogP contribution is -2.31. The van der Waals surface area contributed by atoms with Crippen molar-refractivity contribution in [1.82, 2.24) is 4.31 Å². The molecule has 2 aromatic rings. The summed E-state index contributed by atoms with van der Waals surface area (Å²) in [5.41, 5.74) is 1.05. The van der Waals surface area contributed by atoms with Gasteiger partial charge in [0, 0.05) is 24.3 Å². The lowest BCUT2D eigenvalue weighted by atomic mass is 10.2. The summed E-state index contributed by atoms with van der Waals surface area (Å²) >= 11 is 0. The largest absolute Gasteiger partial charge is 0.322 e. The van der Waals surface area contributed by atoms with Crippen LogP contribution in [0.1, 0.15) is 10.4 Å². The summed E-state index contributed by atoms with van der Waals surface area (Å²) in [6.07, 6.45) is 3.03. The van der Waals surface area contributed by atoms with Crippen molar-refractivity contribution in [3.8, 4) is 0 Å². The second kappa shape index (κ2) is 8.41. The third-order valence-corrected chi connectivity index (χ3v) is 5.30. The molecule has 0 atom stereocenters. The Kier molecular flexibility index (Phi) is 6.27. The number of nitrogens with one attached hydrogen (secondary N) is 1. The van der Waals surface area contributed by atoms with Gasteiger partial charge in [-0.25, -0.2) is 8.42 Å². The van der Waals surface area contributed by atoms with Crippen LogP contribution in [0.2, 0.25) is 0 Å². The van der Waals surface area contributed by atoms with E-state index >= 15 is 0 Å². The van der Waals surface area contributed by atoms with Crippen LogP contribution in [-0.4, -0.2) is 31.7 Å². The second-order valence-corrected chi connectivity index (χ2v) is 7.18. The standard InChI is InChI=1S/C19H20N2O3S/c1-3-14-21(15-4-2)25(23,24)18-12-10-16(11-13-18)19(22)20-17-8-6-5-7-9-17/h3-13H,1-2,14-15H2,(H,20,22). The number of sulfonamides is 1. The zero-order chi connectivity index (χ0) is 18.3. The number of benzene rings is 2. The van der Waals surface area contributed by atoms with E-state index in [1.54, 1.807) is 12.1 Å². The molecule has 0 aliphatic heterocycles. The van der Waals surface area contributed by atoms with Crippen molar-refractivity contribution in [2.45, 2.75) is 4.90 Å². The fourth-order valence-electron chi connectivity index (χ4n) is 2.21. The lowest BCUT2D eigenvalue weighted by molar-refractivity contribution is 0.102. The maximum atomic E-state index is 12.6. The highest BCUT2D eigenvalue weighted by molar-refractivity contribution is 7.89. The molecular weight excluding hydrogens is 336 g/mol. The number of carbonyl (C=O) groups excluding carboxylic acids is 1. The van der Waals surface area contributed by atoms with Gasteiger partial charge in [0.2, 0.25) is 10.0 Å². The average molecular weight is 356 g/mol. The fraction of sp³-hybridized carbons (Fsp3) is 0.105. The predicted octanol–water partition coefficient (Wildman–Crippen LogP) is 3.30. The van der Waals surface area contributed by atoms with Crippen LogP contribution >= 0.6 is 0 Å². The molecular formula is C19H20N2O3S. The van der Waals surface area contributed by atoms with Gasteiger partial charge in [0.05, 0.1) is 4.90 Å². The van der Waals surface area contributed by atoms with E-state index in [1.165, 1.54) is 40.7 Å². The Morgan fingerprint density at radius 1 is 0.960 bits per heavy atom. The number of carbonyl (C=O) groups is 1. The third kappa shape index (κ3) is 4.65. The monoisotopic (exact) mass is 356 g/mol. The number of rotatable bonds is 8. The highest BCUT2D eigenvalue weighted by Gasteiger charge is 2.22. The van der Waals surface area contributed by atoms with E-state index in [1.807, 2.05) is 18.2 Å². The number of nitrogens with zero attached hydrogens (tertiary/aromatic N) is 1. The molecule has 0 aromatic heterocycles. The predicted molar refractivity (Wildman–Crippen MR) is 100.0 cm³/mol. The minimum Gasteiger partial charge on any atom is -0.322 e. The van der Waals surface area contributed by atoms with Gasteiger partial charge in [-0.15, -0.1) is 13.2 Å².